The molecule has 0 bridgehead atoms. The normalized spacial score (nSPS) is 19.9. The number of carbonyl (C=O) groups excluding carboxylic acids is 1. The molecule has 1 saturated heterocycles. The molecule has 1 unspecified atom stereocenters. The van der Waals surface area contributed by atoms with Crippen LogP contribution in [0.15, 0.2) is 16.7 Å². The molecule has 0 saturated carbocycles. The summed E-state index contributed by atoms with van der Waals surface area (Å²) in [6.45, 7) is 3.72. The van der Waals surface area contributed by atoms with Gasteiger partial charge in [-0.05, 0) is 12.5 Å². The predicted molar refractivity (Wildman–Crippen MR) is 63.2 cm³/mol. The van der Waals surface area contributed by atoms with Crippen LogP contribution in [0, 0.1) is 0 Å². The van der Waals surface area contributed by atoms with Crippen LogP contribution < -0.4 is 5.32 Å². The van der Waals surface area contributed by atoms with Gasteiger partial charge in [0, 0.05) is 26.1 Å². The van der Waals surface area contributed by atoms with Crippen LogP contribution in [-0.4, -0.2) is 41.0 Å². The highest BCUT2D eigenvalue weighted by Gasteiger charge is 2.23. The van der Waals surface area contributed by atoms with Crippen molar-refractivity contribution in [3.8, 4) is 0 Å². The Morgan fingerprint density at radius 1 is 1.61 bits per heavy atom. The Hall–Kier alpha value is -1.82. The lowest BCUT2D eigenvalue weighted by atomic mass is 10.2. The molecule has 1 atom stereocenters. The van der Waals surface area contributed by atoms with Crippen LogP contribution in [0.5, 0.6) is 0 Å². The molecule has 0 aromatic carbocycles. The minimum atomic E-state index is -0.984. The number of hydrogen-bond acceptors (Lipinski definition) is 4. The third-order valence-electron chi connectivity index (χ3n) is 2.96. The molecular formula is C12H16N2O4. The summed E-state index contributed by atoms with van der Waals surface area (Å²) in [4.78, 5) is 23.8. The monoisotopic (exact) mass is 252 g/mol. The summed E-state index contributed by atoms with van der Waals surface area (Å²) in [5, 5.41) is 11.7. The van der Waals surface area contributed by atoms with Crippen molar-refractivity contribution in [3.05, 3.63) is 23.7 Å². The molecule has 2 N–H and O–H groups in total. The number of hydrogen-bond donors (Lipinski definition) is 2. The van der Waals surface area contributed by atoms with Crippen molar-refractivity contribution in [2.24, 2.45) is 0 Å². The first-order valence-electron chi connectivity index (χ1n) is 5.85. The smallest absolute Gasteiger partial charge is 0.338 e. The minimum Gasteiger partial charge on any atom is -0.478 e. The molecule has 1 fully saturated rings. The lowest BCUT2D eigenvalue weighted by Gasteiger charge is -2.14. The third-order valence-corrected chi connectivity index (χ3v) is 2.96. The molecule has 1 aromatic heterocycles. The molecule has 0 aliphatic carbocycles. The highest BCUT2D eigenvalue weighted by atomic mass is 16.4. The molecule has 2 heterocycles. The first-order chi connectivity index (χ1) is 8.54. The quantitative estimate of drug-likeness (QED) is 0.823. The van der Waals surface area contributed by atoms with Gasteiger partial charge in [0.1, 0.15) is 12.0 Å². The fourth-order valence-electron chi connectivity index (χ4n) is 2.18. The summed E-state index contributed by atoms with van der Waals surface area (Å²) in [6.07, 6.45) is 2.16. The van der Waals surface area contributed by atoms with E-state index in [4.69, 9.17) is 9.52 Å². The molecule has 1 aliphatic rings. The van der Waals surface area contributed by atoms with Gasteiger partial charge in [-0.2, -0.15) is 0 Å². The summed E-state index contributed by atoms with van der Waals surface area (Å²) in [5.74, 6) is -0.369. The highest BCUT2D eigenvalue weighted by molar-refractivity contribution is 5.87. The van der Waals surface area contributed by atoms with Crippen molar-refractivity contribution in [3.63, 3.8) is 0 Å². The van der Waals surface area contributed by atoms with Gasteiger partial charge in [-0.1, -0.05) is 0 Å². The molecule has 0 spiro atoms. The zero-order valence-corrected chi connectivity index (χ0v) is 10.2. The largest absolute Gasteiger partial charge is 0.478 e. The standard InChI is InChI=1S/C12H16N2O4/c1-8(15)13-10-2-3-14(5-10)6-11-4-9(7-18-11)12(16)17/h4,7,10H,2-3,5-6H2,1H3,(H,13,15)(H,16,17). The summed E-state index contributed by atoms with van der Waals surface area (Å²) >= 11 is 0. The molecule has 1 aliphatic heterocycles. The van der Waals surface area contributed by atoms with Crippen LogP contribution in [0.4, 0.5) is 0 Å². The van der Waals surface area contributed by atoms with E-state index < -0.39 is 5.97 Å². The Morgan fingerprint density at radius 3 is 3.00 bits per heavy atom. The third kappa shape index (κ3) is 3.10. The minimum absolute atomic E-state index is 0.0204. The van der Waals surface area contributed by atoms with Gasteiger partial charge in [0.2, 0.25) is 5.91 Å². The Morgan fingerprint density at radius 2 is 2.39 bits per heavy atom. The van der Waals surface area contributed by atoms with Crippen LogP contribution in [-0.2, 0) is 11.3 Å². The number of nitrogens with one attached hydrogen (secondary N) is 1. The number of aromatic carboxylic acids is 1. The molecular weight excluding hydrogens is 236 g/mol. The average molecular weight is 252 g/mol. The van der Waals surface area contributed by atoms with Crippen molar-refractivity contribution in [1.29, 1.82) is 0 Å². The lowest BCUT2D eigenvalue weighted by Crippen LogP contribution is -2.35. The summed E-state index contributed by atoms with van der Waals surface area (Å²) < 4.78 is 5.19. The van der Waals surface area contributed by atoms with Crippen LogP contribution in [0.3, 0.4) is 0 Å². The van der Waals surface area contributed by atoms with Gasteiger partial charge < -0.3 is 14.8 Å². The van der Waals surface area contributed by atoms with Gasteiger partial charge >= 0.3 is 5.97 Å². The molecule has 98 valence electrons. The van der Waals surface area contributed by atoms with E-state index in [9.17, 15) is 9.59 Å². The second kappa shape index (κ2) is 5.22. The van der Waals surface area contributed by atoms with Gasteiger partial charge in [-0.3, -0.25) is 9.69 Å². The maximum Gasteiger partial charge on any atom is 0.338 e. The van der Waals surface area contributed by atoms with Gasteiger partial charge in [0.25, 0.3) is 0 Å². The number of furan rings is 1. The van der Waals surface area contributed by atoms with E-state index in [0.717, 1.165) is 19.5 Å². The molecule has 1 aromatic rings. The zero-order chi connectivity index (χ0) is 13.1. The Bertz CT molecular complexity index is 455. The number of rotatable bonds is 4. The fourth-order valence-corrected chi connectivity index (χ4v) is 2.18. The molecule has 1 amide bonds. The van der Waals surface area contributed by atoms with E-state index in [1.165, 1.54) is 19.3 Å². The second-order valence-electron chi connectivity index (χ2n) is 4.53. The second-order valence-corrected chi connectivity index (χ2v) is 4.53. The van der Waals surface area contributed by atoms with Crippen molar-refractivity contribution < 1.29 is 19.1 Å². The Balaban J connectivity index is 1.87. The molecule has 6 nitrogen and oxygen atoms in total. The van der Waals surface area contributed by atoms with E-state index in [2.05, 4.69) is 10.2 Å². The van der Waals surface area contributed by atoms with Crippen molar-refractivity contribution in [2.45, 2.75) is 25.9 Å². The molecule has 0 radical (unpaired) electrons. The van der Waals surface area contributed by atoms with Crippen molar-refractivity contribution >= 4 is 11.9 Å². The van der Waals surface area contributed by atoms with E-state index >= 15 is 0 Å². The van der Waals surface area contributed by atoms with Crippen molar-refractivity contribution in [2.75, 3.05) is 13.1 Å². The maximum absolute atomic E-state index is 10.9. The molecule has 18 heavy (non-hydrogen) atoms. The lowest BCUT2D eigenvalue weighted by molar-refractivity contribution is -0.119. The SMILES string of the molecule is CC(=O)NC1CCN(Cc2cc(C(=O)O)co2)C1. The van der Waals surface area contributed by atoms with E-state index in [1.807, 2.05) is 0 Å². The van der Waals surface area contributed by atoms with Gasteiger partial charge in [0.15, 0.2) is 0 Å². The number of nitrogens with zero attached hydrogens (tertiary/aromatic N) is 1. The van der Waals surface area contributed by atoms with Crippen LogP contribution in [0.1, 0.15) is 29.5 Å². The van der Waals surface area contributed by atoms with E-state index in [1.54, 1.807) is 0 Å². The van der Waals surface area contributed by atoms with Gasteiger partial charge in [-0.25, -0.2) is 4.79 Å². The van der Waals surface area contributed by atoms with Crippen LogP contribution in [0.2, 0.25) is 0 Å². The maximum atomic E-state index is 10.9. The van der Waals surface area contributed by atoms with E-state index in [0.29, 0.717) is 12.3 Å². The summed E-state index contributed by atoms with van der Waals surface area (Å²) in [7, 11) is 0. The zero-order valence-electron chi connectivity index (χ0n) is 10.2. The number of carboxylic acid groups (broad SMARTS) is 1. The number of likely N-dealkylation sites (tertiary alicyclic amines) is 1. The highest BCUT2D eigenvalue weighted by Crippen LogP contribution is 2.15. The molecule has 6 heteroatoms. The fraction of sp³-hybridized carbons (Fsp3) is 0.500. The van der Waals surface area contributed by atoms with Crippen LogP contribution >= 0.6 is 0 Å². The molecule has 2 rings (SSSR count). The summed E-state index contributed by atoms with van der Waals surface area (Å²) in [6, 6.07) is 1.71. The number of carbonyl (C=O) groups is 2. The number of carboxylic acids is 1. The van der Waals surface area contributed by atoms with Crippen LogP contribution in [0.25, 0.3) is 0 Å². The van der Waals surface area contributed by atoms with E-state index in [-0.39, 0.29) is 17.5 Å². The first kappa shape index (κ1) is 12.6. The predicted octanol–water partition coefficient (Wildman–Crippen LogP) is 0.688. The van der Waals surface area contributed by atoms with Gasteiger partial charge in [0.05, 0.1) is 12.1 Å². The average Bonchev–Trinajstić information content (AvgIpc) is 2.88. The summed E-state index contributed by atoms with van der Waals surface area (Å²) in [5.41, 5.74) is 0.169. The topological polar surface area (TPSA) is 82.8 Å². The van der Waals surface area contributed by atoms with Crippen molar-refractivity contribution in [1.82, 2.24) is 10.2 Å². The number of amides is 1. The Labute approximate surface area is 105 Å². The first-order valence-corrected chi connectivity index (χ1v) is 5.85. The van der Waals surface area contributed by atoms with Gasteiger partial charge in [-0.15, -0.1) is 0 Å². The Kier molecular flexibility index (Phi) is 3.66.